The zero-order chi connectivity index (χ0) is 74.2. The Morgan fingerprint density at radius 3 is 0.898 bits per heavy atom. The zero-order valence-electron chi connectivity index (χ0n) is 64.3. The fraction of sp³-hybridized carbons (Fsp3) is 0.375. The molecule has 0 bridgehead atoms. The molecule has 4 aromatic heterocycles. The van der Waals surface area contributed by atoms with E-state index < -0.39 is 13.7 Å². The summed E-state index contributed by atoms with van der Waals surface area (Å²) in [5, 5.41) is 29.4. The molecule has 0 amide bonds. The number of fused-ring (bicyclic) bond motifs is 3. The Kier molecular flexibility index (Phi) is 30.9. The van der Waals surface area contributed by atoms with E-state index >= 15 is 0 Å². The molecule has 0 aliphatic heterocycles. The quantitative estimate of drug-likeness (QED) is 0.0278. The summed E-state index contributed by atoms with van der Waals surface area (Å²) in [6, 6.07) is 82.2. The SMILES string of the molecule is CCCCCCCCCCCCCCCCCCOc1cccc(-c2c3/c(=C(\C#N)c4nc5ccccc5s4)n(B(c4ccccc4)c4ccccc4)c(-c4cccc(OCCCCCCCCCCCCCCCCCC)c4)c3/c(=C(\C#N)c3nc4ccccc4s3)n2B(c2ccccc2)c2ccccc2)c1. The Morgan fingerprint density at radius 2 is 0.611 bits per heavy atom. The number of hydrogen-bond donors (Lipinski definition) is 0. The summed E-state index contributed by atoms with van der Waals surface area (Å²) in [7, 11) is 0. The van der Waals surface area contributed by atoms with Gasteiger partial charge in [0.15, 0.2) is 0 Å². The van der Waals surface area contributed by atoms with Gasteiger partial charge in [0.1, 0.15) is 44.8 Å². The Balaban J connectivity index is 1.02. The average Bonchev–Trinajstić information content (AvgIpc) is 1.52. The fourth-order valence-corrected chi connectivity index (χ4v) is 17.9. The monoisotopic (exact) mass is 1460 g/mol. The van der Waals surface area contributed by atoms with E-state index in [1.54, 1.807) is 0 Å². The van der Waals surface area contributed by atoms with Crippen LogP contribution in [0.2, 0.25) is 0 Å². The first-order valence-electron chi connectivity index (χ1n) is 41.3. The third-order valence-corrected chi connectivity index (χ3v) is 23.7. The van der Waals surface area contributed by atoms with Gasteiger partial charge < -0.3 is 18.4 Å². The molecule has 0 aliphatic carbocycles. The number of para-hydroxylation sites is 2. The van der Waals surface area contributed by atoms with Crippen LogP contribution in [0.1, 0.15) is 229 Å². The van der Waals surface area contributed by atoms with Crippen LogP contribution in [0, 0.1) is 22.7 Å². The van der Waals surface area contributed by atoms with E-state index in [4.69, 9.17) is 19.4 Å². The Hall–Kier alpha value is -9.19. The topological polar surface area (TPSA) is 102 Å². The molecule has 0 radical (unpaired) electrons. The molecule has 0 atom stereocenters. The first-order valence-corrected chi connectivity index (χ1v) is 42.9. The van der Waals surface area contributed by atoms with E-state index in [-0.39, 0.29) is 0 Å². The number of rotatable bonds is 46. The standard InChI is InChI=1S/C96H110B2N6O2S2/c1-3-5-7-9-11-13-15-17-19-21-23-25-27-29-31-49-69-105-81-63-51-53-75(71-81)91-89-90(94(84(74-100)96-102-86-66-46-48-68-88(86)108-96)103(91)97(77-55-37-33-38-56-77)78-57-39-34-40-58-78)92(76-54-52-64-82(72-76)106-70-50-32-30-28-26-24-22-20-18-16-14-12-10-8-6-4-2)104(98(79-59-41-35-42-60-79)80-61-43-36-44-62-80)93(89)83(73-99)95-101-85-65-45-47-67-87(85)107-95/h33-48,51-68,71-72H,3-32,49-50,69-70H2,1-2H3/b93-83-,94-84-. The van der Waals surface area contributed by atoms with Crippen LogP contribution in [-0.4, -0.2) is 45.8 Å². The van der Waals surface area contributed by atoms with E-state index in [1.807, 2.05) is 36.4 Å². The van der Waals surface area contributed by atoms with Crippen molar-refractivity contribution in [1.82, 2.24) is 18.9 Å². The van der Waals surface area contributed by atoms with E-state index in [1.165, 1.54) is 202 Å². The van der Waals surface area contributed by atoms with Gasteiger partial charge in [0.2, 0.25) is 0 Å². The number of ether oxygens (including phenoxy) is 2. The fourth-order valence-electron chi connectivity index (χ4n) is 16.0. The number of aromatic nitrogens is 4. The molecule has 8 aromatic carbocycles. The van der Waals surface area contributed by atoms with Crippen molar-refractivity contribution in [3.05, 3.63) is 239 Å². The molecule has 0 spiro atoms. The molecule has 0 saturated heterocycles. The zero-order valence-corrected chi connectivity index (χ0v) is 65.9. The predicted octanol–water partition coefficient (Wildman–Crippen LogP) is 23.0. The molecule has 0 fully saturated rings. The van der Waals surface area contributed by atoms with Crippen LogP contribution in [0.25, 0.3) is 64.9 Å². The highest BCUT2D eigenvalue weighted by molar-refractivity contribution is 7.20. The molecule has 0 aliphatic rings. The van der Waals surface area contributed by atoms with Gasteiger partial charge in [-0.05, 0) is 61.4 Å². The van der Waals surface area contributed by atoms with E-state index in [0.29, 0.717) is 45.1 Å². The van der Waals surface area contributed by atoms with Gasteiger partial charge in [-0.25, -0.2) is 9.97 Å². The van der Waals surface area contributed by atoms with Gasteiger partial charge >= 0.3 is 13.7 Å². The second-order valence-corrected chi connectivity index (χ2v) is 31.7. The third kappa shape index (κ3) is 20.8. The highest BCUT2D eigenvalue weighted by Gasteiger charge is 2.38. The van der Waals surface area contributed by atoms with Crippen molar-refractivity contribution in [2.75, 3.05) is 13.2 Å². The lowest BCUT2D eigenvalue weighted by Crippen LogP contribution is -2.54. The summed E-state index contributed by atoms with van der Waals surface area (Å²) in [5.74, 6) is 1.50. The summed E-state index contributed by atoms with van der Waals surface area (Å²) in [4.78, 5) is 10.9. The number of benzene rings is 8. The van der Waals surface area contributed by atoms with Crippen LogP contribution in [0.3, 0.4) is 0 Å². The molecule has 8 nitrogen and oxygen atoms in total. The second kappa shape index (κ2) is 42.5. The van der Waals surface area contributed by atoms with Crippen molar-refractivity contribution in [2.45, 2.75) is 219 Å². The molecule has 0 saturated carbocycles. The predicted molar refractivity (Wildman–Crippen MR) is 462 cm³/mol. The van der Waals surface area contributed by atoms with E-state index in [2.05, 4.69) is 217 Å². The molecule has 0 N–H and O–H groups in total. The molecule has 12 heteroatoms. The Morgan fingerprint density at radius 1 is 0.333 bits per heavy atom. The van der Waals surface area contributed by atoms with E-state index in [0.717, 1.165) is 113 Å². The van der Waals surface area contributed by atoms with Crippen LogP contribution < -0.4 is 42.0 Å². The molecule has 4 heterocycles. The van der Waals surface area contributed by atoms with Gasteiger partial charge in [-0.15, -0.1) is 22.7 Å². The maximum Gasteiger partial charge on any atom is 0.328 e. The number of nitrogens with zero attached hydrogens (tertiary/aromatic N) is 6. The summed E-state index contributed by atoms with van der Waals surface area (Å²) in [5.41, 5.74) is 9.90. The highest BCUT2D eigenvalue weighted by Crippen LogP contribution is 2.40. The van der Waals surface area contributed by atoms with Gasteiger partial charge in [0, 0.05) is 33.3 Å². The van der Waals surface area contributed by atoms with E-state index in [9.17, 15) is 10.5 Å². The second-order valence-electron chi connectivity index (χ2n) is 29.6. The maximum atomic E-state index is 12.7. The minimum atomic E-state index is -0.534. The van der Waals surface area contributed by atoms with Crippen molar-refractivity contribution in [3.63, 3.8) is 0 Å². The molecule has 554 valence electrons. The normalized spacial score (nSPS) is 12.0. The maximum absolute atomic E-state index is 12.7. The largest absolute Gasteiger partial charge is 0.494 e. The molecule has 0 unspecified atom stereocenters. The summed E-state index contributed by atoms with van der Waals surface area (Å²) >= 11 is 3.06. The Labute approximate surface area is 652 Å². The minimum absolute atomic E-state index is 0.413. The lowest BCUT2D eigenvalue weighted by molar-refractivity contribution is 0.304. The van der Waals surface area contributed by atoms with Crippen LogP contribution in [0.5, 0.6) is 11.5 Å². The third-order valence-electron chi connectivity index (χ3n) is 21.6. The number of nitriles is 2. The lowest BCUT2D eigenvalue weighted by atomic mass is 9.50. The van der Waals surface area contributed by atoms with Gasteiger partial charge in [-0.3, -0.25) is 0 Å². The van der Waals surface area contributed by atoms with Crippen molar-refractivity contribution in [3.8, 4) is 46.2 Å². The van der Waals surface area contributed by atoms with Crippen molar-refractivity contribution >= 4 is 101 Å². The summed E-state index contributed by atoms with van der Waals surface area (Å²) in [6.07, 6.45) is 41.7. The van der Waals surface area contributed by atoms with Crippen LogP contribution in [-0.2, 0) is 0 Å². The number of unbranched alkanes of at least 4 members (excludes halogenated alkanes) is 30. The Bertz CT molecular complexity index is 4480. The van der Waals surface area contributed by atoms with Gasteiger partial charge in [-0.2, -0.15) is 10.5 Å². The van der Waals surface area contributed by atoms with Gasteiger partial charge in [0.05, 0.1) is 44.3 Å². The summed E-state index contributed by atoms with van der Waals surface area (Å²) in [6.45, 7) is 4.67. The summed E-state index contributed by atoms with van der Waals surface area (Å²) < 4.78 is 20.7. The first kappa shape index (κ1) is 78.4. The number of hydrogen-bond acceptors (Lipinski definition) is 8. The van der Waals surface area contributed by atoms with Gasteiger partial charge in [0.25, 0.3) is 0 Å². The smallest absolute Gasteiger partial charge is 0.328 e. The molecule has 12 rings (SSSR count). The highest BCUT2D eigenvalue weighted by atomic mass is 32.1. The minimum Gasteiger partial charge on any atom is -0.494 e. The average molecular weight is 1470 g/mol. The van der Waals surface area contributed by atoms with Crippen LogP contribution >= 0.6 is 22.7 Å². The van der Waals surface area contributed by atoms with Crippen LogP contribution in [0.4, 0.5) is 0 Å². The molecule has 108 heavy (non-hydrogen) atoms. The molecular weight excluding hydrogens is 1350 g/mol. The van der Waals surface area contributed by atoms with Gasteiger partial charge in [-0.1, -0.05) is 398 Å². The molecular formula is C96H110B2N6O2S2. The van der Waals surface area contributed by atoms with Crippen LogP contribution in [0.15, 0.2) is 218 Å². The van der Waals surface area contributed by atoms with Crippen molar-refractivity contribution in [1.29, 1.82) is 10.5 Å². The van der Waals surface area contributed by atoms with Crippen molar-refractivity contribution in [2.24, 2.45) is 0 Å². The lowest BCUT2D eigenvalue weighted by Gasteiger charge is -2.24. The number of thiazole rings is 2. The molecule has 12 aromatic rings. The van der Waals surface area contributed by atoms with Crippen molar-refractivity contribution < 1.29 is 9.47 Å². The first-order chi connectivity index (χ1) is 53.6.